The number of hydrogen-bond donors (Lipinski definition) is 0. The summed E-state index contributed by atoms with van der Waals surface area (Å²) in [6.07, 6.45) is 0. The summed E-state index contributed by atoms with van der Waals surface area (Å²) in [6.45, 7) is 0. The molecule has 0 aliphatic carbocycles. The second-order valence-corrected chi connectivity index (χ2v) is 9.54. The average Bonchev–Trinajstić information content (AvgIpc) is 2.83. The molecule has 36 heavy (non-hydrogen) atoms. The summed E-state index contributed by atoms with van der Waals surface area (Å²) >= 11 is -5.25. The first-order valence-electron chi connectivity index (χ1n) is 9.36. The molecule has 0 aliphatic rings. The Balaban J connectivity index is 2.70. The fourth-order valence-corrected chi connectivity index (χ4v) is 6.92. The molecule has 0 spiro atoms. The van der Waals surface area contributed by atoms with Gasteiger partial charge in [-0.3, -0.25) is 0 Å². The molecule has 3 rings (SSSR count). The fraction of sp³-hybridized carbons (Fsp3) is 0.143. The highest BCUT2D eigenvalue weighted by Crippen LogP contribution is 2.30. The maximum absolute atomic E-state index is 15.3. The van der Waals surface area contributed by atoms with Crippen LogP contribution in [0.5, 0.6) is 17.2 Å². The summed E-state index contributed by atoms with van der Waals surface area (Å²) < 4.78 is 169. The molecule has 15 heteroatoms. The van der Waals surface area contributed by atoms with E-state index in [0.717, 1.165) is 0 Å². The van der Waals surface area contributed by atoms with Gasteiger partial charge in [-0.05, 0) is 13.3 Å². The van der Waals surface area contributed by atoms with Gasteiger partial charge < -0.3 is 14.2 Å². The van der Waals surface area contributed by atoms with Gasteiger partial charge in [-0.15, -0.1) is 0 Å². The number of hydrogen-bond acceptors (Lipinski definition) is 3. The summed E-state index contributed by atoms with van der Waals surface area (Å²) in [5.74, 6) is -29.7. The van der Waals surface area contributed by atoms with Gasteiger partial charge in [0.05, 0.1) is 21.3 Å². The van der Waals surface area contributed by atoms with Crippen molar-refractivity contribution < 1.29 is 62.5 Å². The van der Waals surface area contributed by atoms with Crippen molar-refractivity contribution in [3.05, 3.63) is 70.1 Å². The zero-order valence-electron chi connectivity index (χ0n) is 18.0. The second-order valence-electron chi connectivity index (χ2n) is 6.94. The maximum Gasteiger partial charge on any atom is 0.414 e. The minimum Gasteiger partial charge on any atom is -0.495 e. The van der Waals surface area contributed by atoms with Gasteiger partial charge in [0.2, 0.25) is 11.6 Å². The number of ether oxygens (including phenoxy) is 3. The smallest absolute Gasteiger partial charge is 0.414 e. The highest BCUT2D eigenvalue weighted by Gasteiger charge is 2.46. The van der Waals surface area contributed by atoms with Gasteiger partial charge in [-0.1, -0.05) is 0 Å². The van der Waals surface area contributed by atoms with Gasteiger partial charge in [0.1, 0.15) is 5.75 Å². The standard InChI is InChI=1S/2C7H3F4O.C7H4F3O.Al/c2*1-12-7-4(9)2-3(8)5(10)6(7)11;1-11-7-3-5(9)4(8)2-6(7)10;/h2*1H3;2H,1H3;. The molecule has 0 radical (unpaired) electrons. The van der Waals surface area contributed by atoms with Crippen molar-refractivity contribution in [3.63, 3.8) is 0 Å². The van der Waals surface area contributed by atoms with Gasteiger partial charge in [0.15, 0.2) is 63.9 Å². The van der Waals surface area contributed by atoms with Crippen molar-refractivity contribution in [2.75, 3.05) is 21.3 Å². The van der Waals surface area contributed by atoms with Crippen molar-refractivity contribution in [1.29, 1.82) is 0 Å². The Morgan fingerprint density at radius 2 is 0.806 bits per heavy atom. The Morgan fingerprint density at radius 1 is 0.417 bits per heavy atom. The molecule has 0 aliphatic heterocycles. The Bertz CT molecular complexity index is 1310. The molecule has 3 aromatic carbocycles. The van der Waals surface area contributed by atoms with Crippen molar-refractivity contribution in [3.8, 4) is 17.2 Å². The van der Waals surface area contributed by atoms with E-state index in [-0.39, 0.29) is 6.07 Å². The van der Waals surface area contributed by atoms with Crippen LogP contribution in [0.15, 0.2) is 6.07 Å². The van der Waals surface area contributed by atoms with E-state index in [1.54, 1.807) is 0 Å². The molecular formula is C21H10AlF11O3. The van der Waals surface area contributed by atoms with Gasteiger partial charge in [0, 0.05) is 6.07 Å². The lowest BCUT2D eigenvalue weighted by Crippen LogP contribution is -2.59. The molecule has 3 aromatic rings. The van der Waals surface area contributed by atoms with Crippen LogP contribution in [-0.2, 0) is 0 Å². The Labute approximate surface area is 199 Å². The van der Waals surface area contributed by atoms with Crippen molar-refractivity contribution in [2.24, 2.45) is 0 Å². The number of benzene rings is 3. The van der Waals surface area contributed by atoms with Gasteiger partial charge in [0.25, 0.3) is 0 Å². The molecule has 0 saturated carbocycles. The maximum atomic E-state index is 15.3. The first-order chi connectivity index (χ1) is 16.8. The third kappa shape index (κ3) is 4.00. The molecule has 0 N–H and O–H groups in total. The SMILES string of the molecule is COc1c(F)c(F)c(F)[c]([Al]([c]2c(F)c(F)c(F)c(OC)c2F)[c]2c(F)c(F)cc(F)c2OC)c1F. The Kier molecular flexibility index (Phi) is 7.66. The minimum absolute atomic E-state index is 0.0970. The molecule has 0 atom stereocenters. The van der Waals surface area contributed by atoms with E-state index in [0.29, 0.717) is 21.3 Å². The van der Waals surface area contributed by atoms with E-state index in [2.05, 4.69) is 14.2 Å². The van der Waals surface area contributed by atoms with Gasteiger partial charge in [-0.25, -0.2) is 39.5 Å². The van der Waals surface area contributed by atoms with Crippen LogP contribution < -0.4 is 27.5 Å². The lowest BCUT2D eigenvalue weighted by atomic mass is 10.2. The highest BCUT2D eigenvalue weighted by molar-refractivity contribution is 6.96. The third-order valence-corrected chi connectivity index (χ3v) is 8.42. The first kappa shape index (κ1) is 27.4. The molecule has 0 fully saturated rings. The van der Waals surface area contributed by atoms with Crippen molar-refractivity contribution in [1.82, 2.24) is 0 Å². The summed E-state index contributed by atoms with van der Waals surface area (Å²) in [5, 5.41) is 0. The fourth-order valence-electron chi connectivity index (χ4n) is 3.62. The zero-order valence-corrected chi connectivity index (χ0v) is 19.2. The summed E-state index contributed by atoms with van der Waals surface area (Å²) in [6, 6.07) is -0.0970. The van der Waals surface area contributed by atoms with E-state index < -0.39 is 109 Å². The third-order valence-electron chi connectivity index (χ3n) is 5.15. The quantitative estimate of drug-likeness (QED) is 0.204. The predicted molar refractivity (Wildman–Crippen MR) is 103 cm³/mol. The van der Waals surface area contributed by atoms with E-state index in [1.165, 1.54) is 0 Å². The highest BCUT2D eigenvalue weighted by atomic mass is 27.2. The van der Waals surface area contributed by atoms with Crippen LogP contribution in [0.4, 0.5) is 48.3 Å². The van der Waals surface area contributed by atoms with Crippen LogP contribution in [0.3, 0.4) is 0 Å². The normalized spacial score (nSPS) is 11.1. The van der Waals surface area contributed by atoms with Crippen LogP contribution >= 0.6 is 0 Å². The molecule has 192 valence electrons. The van der Waals surface area contributed by atoms with Crippen LogP contribution in [0.25, 0.3) is 0 Å². The van der Waals surface area contributed by atoms with E-state index in [9.17, 15) is 35.1 Å². The molecule has 0 bridgehead atoms. The Morgan fingerprint density at radius 3 is 1.17 bits per heavy atom. The minimum atomic E-state index is -5.25. The molecule has 0 aromatic heterocycles. The lowest BCUT2D eigenvalue weighted by molar-refractivity contribution is 0.337. The molecular weight excluding hydrogens is 536 g/mol. The van der Waals surface area contributed by atoms with Crippen LogP contribution in [0.2, 0.25) is 0 Å². The molecule has 0 unspecified atom stereocenters. The molecule has 0 heterocycles. The molecule has 0 amide bonds. The zero-order chi connectivity index (χ0) is 27.2. The Hall–Kier alpha value is -3.18. The predicted octanol–water partition coefficient (Wildman–Crippen LogP) is 3.76. The second kappa shape index (κ2) is 10.1. The van der Waals surface area contributed by atoms with Crippen LogP contribution in [0, 0.1) is 64.0 Å². The van der Waals surface area contributed by atoms with Gasteiger partial charge in [-0.2, -0.15) is 8.78 Å². The topological polar surface area (TPSA) is 27.7 Å². The monoisotopic (exact) mass is 546 g/mol. The number of rotatable bonds is 6. The van der Waals surface area contributed by atoms with Gasteiger partial charge >= 0.3 is 14.1 Å². The average molecular weight is 546 g/mol. The summed E-state index contributed by atoms with van der Waals surface area (Å²) in [7, 11) is 1.79. The van der Waals surface area contributed by atoms with E-state index in [1.807, 2.05) is 0 Å². The van der Waals surface area contributed by atoms with Crippen LogP contribution in [0.1, 0.15) is 0 Å². The number of methoxy groups -OCH3 is 3. The van der Waals surface area contributed by atoms with Crippen molar-refractivity contribution in [2.45, 2.75) is 0 Å². The van der Waals surface area contributed by atoms with Crippen molar-refractivity contribution >= 4 is 27.4 Å². The lowest BCUT2D eigenvalue weighted by Gasteiger charge is -2.22. The van der Waals surface area contributed by atoms with Crippen LogP contribution in [-0.4, -0.2) is 35.5 Å². The first-order valence-corrected chi connectivity index (χ1v) is 11.1. The molecule has 0 saturated heterocycles. The largest absolute Gasteiger partial charge is 0.495 e. The van der Waals surface area contributed by atoms with E-state index in [4.69, 9.17) is 0 Å². The summed E-state index contributed by atoms with van der Waals surface area (Å²) in [4.78, 5) is 0. The summed E-state index contributed by atoms with van der Waals surface area (Å²) in [5.41, 5.74) is 0. The molecule has 3 nitrogen and oxygen atoms in total. The number of halogens is 11. The van der Waals surface area contributed by atoms with E-state index >= 15 is 13.2 Å².